The lowest BCUT2D eigenvalue weighted by Crippen LogP contribution is -2.20. The first-order valence-corrected chi connectivity index (χ1v) is 8.03. The molecule has 3 rings (SSSR count). The van der Waals surface area contributed by atoms with Gasteiger partial charge in [0.25, 0.3) is 11.8 Å². The summed E-state index contributed by atoms with van der Waals surface area (Å²) in [5.41, 5.74) is 1.55. The number of nitrogens with one attached hydrogen (secondary N) is 1. The lowest BCUT2D eigenvalue weighted by molar-refractivity contribution is -0.118. The largest absolute Gasteiger partial charge is 0.484 e. The Morgan fingerprint density at radius 2 is 1.84 bits per heavy atom. The lowest BCUT2D eigenvalue weighted by atomic mass is 10.2. The minimum Gasteiger partial charge on any atom is -0.484 e. The zero-order valence-corrected chi connectivity index (χ0v) is 14.1. The zero-order valence-electron chi connectivity index (χ0n) is 14.1. The number of hydrogen-bond donors (Lipinski definition) is 1. The molecule has 0 atom stereocenters. The molecule has 0 fully saturated rings. The molecule has 0 aliphatic rings. The molecule has 128 valence electrons. The predicted molar refractivity (Wildman–Crippen MR) is 94.4 cm³/mol. The number of carbonyl (C=O) groups excluding carboxylic acids is 1. The third kappa shape index (κ3) is 4.44. The van der Waals surface area contributed by atoms with Gasteiger partial charge < -0.3 is 14.6 Å². The Kier molecular flexibility index (Phi) is 5.09. The lowest BCUT2D eigenvalue weighted by Gasteiger charge is -2.07. The quantitative estimate of drug-likeness (QED) is 0.738. The number of hydrogen-bond acceptors (Lipinski definition) is 5. The zero-order chi connectivity index (χ0) is 17.6. The molecule has 3 aromatic rings. The highest BCUT2D eigenvalue weighted by atomic mass is 16.5. The van der Waals surface area contributed by atoms with Gasteiger partial charge in [-0.25, -0.2) is 0 Å². The fourth-order valence-corrected chi connectivity index (χ4v) is 2.15. The van der Waals surface area contributed by atoms with E-state index in [1.54, 1.807) is 12.1 Å². The second-order valence-electron chi connectivity index (χ2n) is 5.84. The molecule has 0 saturated carbocycles. The van der Waals surface area contributed by atoms with E-state index >= 15 is 0 Å². The number of amides is 1. The van der Waals surface area contributed by atoms with Gasteiger partial charge in [-0.2, -0.15) is 4.98 Å². The van der Waals surface area contributed by atoms with Crippen LogP contribution in [0.2, 0.25) is 0 Å². The predicted octanol–water partition coefficient (Wildman–Crippen LogP) is 3.88. The molecule has 1 aromatic heterocycles. The molecule has 1 heterocycles. The van der Waals surface area contributed by atoms with Crippen molar-refractivity contribution in [3.63, 3.8) is 0 Å². The van der Waals surface area contributed by atoms with Gasteiger partial charge in [0.05, 0.1) is 0 Å². The van der Waals surface area contributed by atoms with Crippen molar-refractivity contribution in [2.45, 2.75) is 19.8 Å². The van der Waals surface area contributed by atoms with Gasteiger partial charge in [-0.05, 0) is 36.4 Å². The van der Waals surface area contributed by atoms with Crippen molar-refractivity contribution < 1.29 is 14.1 Å². The van der Waals surface area contributed by atoms with E-state index in [0.29, 0.717) is 17.5 Å². The Morgan fingerprint density at radius 3 is 2.48 bits per heavy atom. The summed E-state index contributed by atoms with van der Waals surface area (Å²) in [7, 11) is 0. The van der Waals surface area contributed by atoms with Gasteiger partial charge in [-0.15, -0.1) is 0 Å². The smallest absolute Gasteiger partial charge is 0.262 e. The van der Waals surface area contributed by atoms with Crippen LogP contribution >= 0.6 is 0 Å². The van der Waals surface area contributed by atoms with Crippen molar-refractivity contribution in [3.8, 4) is 17.2 Å². The van der Waals surface area contributed by atoms with Gasteiger partial charge in [-0.3, -0.25) is 4.79 Å². The molecule has 0 saturated heterocycles. The molecule has 0 aliphatic heterocycles. The summed E-state index contributed by atoms with van der Waals surface area (Å²) in [6.45, 7) is 3.95. The molecule has 1 N–H and O–H groups in total. The molecule has 0 spiro atoms. The molecular weight excluding hydrogens is 318 g/mol. The number of nitrogens with zero attached hydrogens (tertiary/aromatic N) is 2. The maximum Gasteiger partial charge on any atom is 0.262 e. The number of para-hydroxylation sites is 1. The standard InChI is InChI=1S/C19H19N3O3/c1-13(2)18-21-19(25-22-18)14-8-10-16(11-9-14)24-12-17(23)20-15-6-4-3-5-7-15/h3-11,13H,12H2,1-2H3,(H,20,23). The minimum absolute atomic E-state index is 0.0632. The van der Waals surface area contributed by atoms with Gasteiger partial charge >= 0.3 is 0 Å². The Balaban J connectivity index is 1.56. The van der Waals surface area contributed by atoms with Crippen molar-refractivity contribution in [2.24, 2.45) is 0 Å². The summed E-state index contributed by atoms with van der Waals surface area (Å²) < 4.78 is 10.7. The number of rotatable bonds is 6. The number of benzene rings is 2. The molecule has 6 nitrogen and oxygen atoms in total. The molecule has 2 aromatic carbocycles. The molecule has 25 heavy (non-hydrogen) atoms. The minimum atomic E-state index is -0.214. The van der Waals surface area contributed by atoms with Gasteiger partial charge in [0.2, 0.25) is 0 Å². The normalized spacial score (nSPS) is 10.7. The van der Waals surface area contributed by atoms with E-state index in [4.69, 9.17) is 9.26 Å². The summed E-state index contributed by atoms with van der Waals surface area (Å²) in [5.74, 6) is 1.73. The SMILES string of the molecule is CC(C)c1noc(-c2ccc(OCC(=O)Nc3ccccc3)cc2)n1. The monoisotopic (exact) mass is 337 g/mol. The van der Waals surface area contributed by atoms with Crippen LogP contribution in [0.4, 0.5) is 5.69 Å². The first kappa shape index (κ1) is 16.7. The molecule has 0 aliphatic carbocycles. The van der Waals surface area contributed by atoms with Gasteiger partial charge in [0, 0.05) is 17.2 Å². The van der Waals surface area contributed by atoms with Crippen LogP contribution in [0, 0.1) is 0 Å². The summed E-state index contributed by atoms with van der Waals surface area (Å²) in [5, 5.41) is 6.71. The first-order valence-electron chi connectivity index (χ1n) is 8.03. The molecule has 0 bridgehead atoms. The third-order valence-electron chi connectivity index (χ3n) is 3.49. The molecule has 1 amide bonds. The van der Waals surface area contributed by atoms with Crippen LogP contribution in [-0.2, 0) is 4.79 Å². The topological polar surface area (TPSA) is 77.2 Å². The van der Waals surface area contributed by atoms with Crippen LogP contribution < -0.4 is 10.1 Å². The van der Waals surface area contributed by atoms with Crippen LogP contribution in [0.1, 0.15) is 25.6 Å². The van der Waals surface area contributed by atoms with Crippen LogP contribution in [-0.4, -0.2) is 22.7 Å². The Bertz CT molecular complexity index is 827. The summed E-state index contributed by atoms with van der Waals surface area (Å²) in [4.78, 5) is 16.2. The number of aromatic nitrogens is 2. The van der Waals surface area contributed by atoms with Crippen molar-refractivity contribution in [1.29, 1.82) is 0 Å². The van der Waals surface area contributed by atoms with E-state index in [-0.39, 0.29) is 18.4 Å². The summed E-state index contributed by atoms with van der Waals surface area (Å²) in [6.07, 6.45) is 0. The molecule has 0 radical (unpaired) electrons. The Labute approximate surface area is 145 Å². The Morgan fingerprint density at radius 1 is 1.12 bits per heavy atom. The van der Waals surface area contributed by atoms with E-state index in [9.17, 15) is 4.79 Å². The Hall–Kier alpha value is -3.15. The van der Waals surface area contributed by atoms with Gasteiger partial charge in [0.1, 0.15) is 5.75 Å². The highest BCUT2D eigenvalue weighted by Crippen LogP contribution is 2.22. The fraction of sp³-hybridized carbons (Fsp3) is 0.211. The number of anilines is 1. The first-order chi connectivity index (χ1) is 12.1. The maximum atomic E-state index is 11.9. The fourth-order valence-electron chi connectivity index (χ4n) is 2.15. The molecule has 6 heteroatoms. The highest BCUT2D eigenvalue weighted by molar-refractivity contribution is 5.91. The van der Waals surface area contributed by atoms with Crippen molar-refractivity contribution in [3.05, 3.63) is 60.4 Å². The summed E-state index contributed by atoms with van der Waals surface area (Å²) in [6, 6.07) is 16.4. The average molecular weight is 337 g/mol. The number of ether oxygens (including phenoxy) is 1. The number of carbonyl (C=O) groups is 1. The van der Waals surface area contributed by atoms with E-state index in [2.05, 4.69) is 15.5 Å². The van der Waals surface area contributed by atoms with E-state index in [1.165, 1.54) is 0 Å². The summed E-state index contributed by atoms with van der Waals surface area (Å²) >= 11 is 0. The van der Waals surface area contributed by atoms with Crippen molar-refractivity contribution in [2.75, 3.05) is 11.9 Å². The van der Waals surface area contributed by atoms with Gasteiger partial charge in [-0.1, -0.05) is 37.2 Å². The van der Waals surface area contributed by atoms with Crippen molar-refractivity contribution >= 4 is 11.6 Å². The van der Waals surface area contributed by atoms with Crippen LogP contribution in [0.15, 0.2) is 59.1 Å². The van der Waals surface area contributed by atoms with E-state index < -0.39 is 0 Å². The second kappa shape index (κ2) is 7.61. The second-order valence-corrected chi connectivity index (χ2v) is 5.84. The van der Waals surface area contributed by atoms with E-state index in [1.807, 2.05) is 56.3 Å². The maximum absolute atomic E-state index is 11.9. The van der Waals surface area contributed by atoms with Gasteiger partial charge in [0.15, 0.2) is 12.4 Å². The highest BCUT2D eigenvalue weighted by Gasteiger charge is 2.11. The van der Waals surface area contributed by atoms with Crippen LogP contribution in [0.25, 0.3) is 11.5 Å². The van der Waals surface area contributed by atoms with Crippen LogP contribution in [0.3, 0.4) is 0 Å². The van der Waals surface area contributed by atoms with Crippen LogP contribution in [0.5, 0.6) is 5.75 Å². The van der Waals surface area contributed by atoms with Crippen molar-refractivity contribution in [1.82, 2.24) is 10.1 Å². The third-order valence-corrected chi connectivity index (χ3v) is 3.49. The van der Waals surface area contributed by atoms with E-state index in [0.717, 1.165) is 11.3 Å². The molecule has 0 unspecified atom stereocenters. The average Bonchev–Trinajstić information content (AvgIpc) is 3.12. The molecular formula is C19H19N3O3.